The number of rotatable bonds is 10. The molecule has 0 saturated heterocycles. The highest BCUT2D eigenvalue weighted by molar-refractivity contribution is 6.13. The highest BCUT2D eigenvalue weighted by Crippen LogP contribution is 2.40. The molecule has 10 aromatic rings. The molecule has 0 spiro atoms. The predicted molar refractivity (Wildman–Crippen MR) is 313 cm³/mol. The van der Waals surface area contributed by atoms with Gasteiger partial charge in [-0.05, 0) is 110 Å². The summed E-state index contributed by atoms with van der Waals surface area (Å²) >= 11 is 0. The molecule has 2 aliphatic heterocycles. The Bertz CT molecular complexity index is 3620. The molecule has 0 bridgehead atoms. The van der Waals surface area contributed by atoms with Gasteiger partial charge in [-0.25, -0.2) is 19.9 Å². The average Bonchev–Trinajstić information content (AvgIpc) is 3.65. The first-order valence-electron chi connectivity index (χ1n) is 25.9. The third-order valence-electron chi connectivity index (χ3n) is 14.1. The largest absolute Gasteiger partial charge is 0.507 e. The lowest BCUT2D eigenvalue weighted by Crippen LogP contribution is -2.25. The van der Waals surface area contributed by atoms with Gasteiger partial charge in [-0.15, -0.1) is 0 Å². The summed E-state index contributed by atoms with van der Waals surface area (Å²) in [6.45, 7) is 8.43. The van der Waals surface area contributed by atoms with Crippen molar-refractivity contribution in [2.45, 2.75) is 33.6 Å². The van der Waals surface area contributed by atoms with Gasteiger partial charge in [0.2, 0.25) is 0 Å². The molecular weight excluding hydrogens is 977 g/mol. The van der Waals surface area contributed by atoms with E-state index in [-0.39, 0.29) is 17.6 Å². The van der Waals surface area contributed by atoms with E-state index in [4.69, 9.17) is 20.9 Å². The van der Waals surface area contributed by atoms with Crippen molar-refractivity contribution >= 4 is 90.2 Å². The molecule has 15 nitrogen and oxygen atoms in total. The van der Waals surface area contributed by atoms with Gasteiger partial charge in [0.15, 0.2) is 11.6 Å². The molecule has 5 N–H and O–H groups in total. The van der Waals surface area contributed by atoms with Gasteiger partial charge in [-0.2, -0.15) is 0 Å². The first-order valence-corrected chi connectivity index (χ1v) is 25.9. The Balaban J connectivity index is 0.000000146. The van der Waals surface area contributed by atoms with Crippen molar-refractivity contribution < 1.29 is 24.2 Å². The maximum absolute atomic E-state index is 13.3. The summed E-state index contributed by atoms with van der Waals surface area (Å²) in [6, 6.07) is 46.2. The molecule has 78 heavy (non-hydrogen) atoms. The number of hydrogen-bond donors (Lipinski definition) is 3. The average molecular weight is 1040 g/mol. The van der Waals surface area contributed by atoms with Crippen molar-refractivity contribution in [3.05, 3.63) is 198 Å². The topological polar surface area (TPSA) is 189 Å². The summed E-state index contributed by atoms with van der Waals surface area (Å²) in [5.74, 6) is 4.48. The third kappa shape index (κ3) is 10.2. The molecule has 2 aliphatic rings. The number of aromatic hydroxyl groups is 1. The van der Waals surface area contributed by atoms with Gasteiger partial charge in [0.25, 0.3) is 11.8 Å². The number of benzene rings is 6. The van der Waals surface area contributed by atoms with Crippen LogP contribution in [0.5, 0.6) is 17.2 Å². The number of aromatic nitrogens is 4. The summed E-state index contributed by atoms with van der Waals surface area (Å²) in [7, 11) is 3.55. The number of ether oxygens (including phenoxy) is 2. The lowest BCUT2D eigenvalue weighted by Gasteiger charge is -2.22. The van der Waals surface area contributed by atoms with Gasteiger partial charge >= 0.3 is 0 Å². The minimum absolute atomic E-state index is 0.0880. The van der Waals surface area contributed by atoms with Gasteiger partial charge in [0.05, 0.1) is 35.7 Å². The Hall–Kier alpha value is -9.76. The van der Waals surface area contributed by atoms with E-state index >= 15 is 0 Å². The summed E-state index contributed by atoms with van der Waals surface area (Å²) in [5.41, 5.74) is 19.0. The van der Waals surface area contributed by atoms with Crippen LogP contribution >= 0.6 is 0 Å². The van der Waals surface area contributed by atoms with Crippen LogP contribution in [0.25, 0.3) is 32.3 Å². The molecule has 15 heteroatoms. The Kier molecular flexibility index (Phi) is 15.0. The molecule has 2 amide bonds. The first-order chi connectivity index (χ1) is 37.9. The number of phenols is 1. The van der Waals surface area contributed by atoms with E-state index in [0.29, 0.717) is 67.6 Å². The minimum atomic E-state index is -0.102. The number of phenolic OH excluding ortho intramolecular Hbond substituents is 1. The summed E-state index contributed by atoms with van der Waals surface area (Å²) < 4.78 is 12.2. The van der Waals surface area contributed by atoms with E-state index < -0.39 is 0 Å². The van der Waals surface area contributed by atoms with Gasteiger partial charge in [0, 0.05) is 103 Å². The number of amides is 2. The van der Waals surface area contributed by atoms with Crippen LogP contribution in [0.2, 0.25) is 0 Å². The van der Waals surface area contributed by atoms with Crippen LogP contribution in [-0.4, -0.2) is 77.3 Å². The zero-order valence-corrected chi connectivity index (χ0v) is 44.2. The van der Waals surface area contributed by atoms with Gasteiger partial charge in [-0.3, -0.25) is 9.59 Å². The van der Waals surface area contributed by atoms with Gasteiger partial charge < -0.3 is 45.6 Å². The molecule has 0 fully saturated rings. The van der Waals surface area contributed by atoms with Crippen molar-refractivity contribution in [2.24, 2.45) is 0 Å². The van der Waals surface area contributed by atoms with E-state index in [0.717, 1.165) is 78.3 Å². The quantitative estimate of drug-likeness (QED) is 0.110. The molecule has 392 valence electrons. The number of nitrogens with zero attached hydrogens (tertiary/aromatic N) is 8. The Morgan fingerprint density at radius 2 is 0.910 bits per heavy atom. The van der Waals surface area contributed by atoms with E-state index in [1.165, 1.54) is 10.9 Å². The fourth-order valence-corrected chi connectivity index (χ4v) is 9.99. The van der Waals surface area contributed by atoms with Crippen molar-refractivity contribution in [1.29, 1.82) is 0 Å². The molecule has 6 aromatic carbocycles. The number of nitrogens with two attached hydrogens (primary N) is 2. The number of anilines is 8. The maximum atomic E-state index is 13.3. The number of aryl methyl sites for hydroxylation is 1. The fraction of sp³-hybridized carbons (Fsp3) is 0.175. The summed E-state index contributed by atoms with van der Waals surface area (Å²) in [4.78, 5) is 52.2. The summed E-state index contributed by atoms with van der Waals surface area (Å²) in [6.07, 6.45) is 8.39. The zero-order chi connectivity index (χ0) is 54.5. The van der Waals surface area contributed by atoms with E-state index in [2.05, 4.69) is 51.1 Å². The van der Waals surface area contributed by atoms with Crippen LogP contribution in [0.3, 0.4) is 0 Å². The highest BCUT2D eigenvalue weighted by atomic mass is 16.5. The number of nitrogen functional groups attached to an aromatic ring is 2. The molecule has 0 saturated carbocycles. The van der Waals surface area contributed by atoms with Gasteiger partial charge in [-0.1, -0.05) is 78.9 Å². The van der Waals surface area contributed by atoms with Crippen LogP contribution in [-0.2, 0) is 12.8 Å². The molecule has 0 aliphatic carbocycles. The summed E-state index contributed by atoms with van der Waals surface area (Å²) in [5, 5.41) is 15.4. The second-order valence-electron chi connectivity index (χ2n) is 18.9. The number of pyridine rings is 4. The fourth-order valence-electron chi connectivity index (χ4n) is 9.99. The standard InChI is InChI=1S/C27H26N4O2.C26H25N5O2.C10H9NO/c1-4-31-25-22(27(32)30(3)23-11-7-14-28-26(23)31)16-19(17-29-25)13-15-33-24-12-6-9-20-18(2)8-5-10-21(20)24;1-3-31-24-20(26(32)30(2)22-10-6-13-28-25(22)31)15-17(16-29-24)12-14-33-23-11-5-7-18-19(23)8-4-9-21(18)27;11-9-5-1-4-8-7(9)3-2-6-10(8)12/h5-12,14,16-17H,4,13,15H2,1-3H3;4-11,13,15-16H,3,12,14,27H2,1-2H3;1-6,12H,11H2. The predicted octanol–water partition coefficient (Wildman–Crippen LogP) is 12.0. The lowest BCUT2D eigenvalue weighted by atomic mass is 10.1. The van der Waals surface area contributed by atoms with E-state index in [1.54, 1.807) is 48.4 Å². The van der Waals surface area contributed by atoms with Crippen LogP contribution < -0.4 is 40.5 Å². The normalized spacial score (nSPS) is 12.6. The molecule has 6 heterocycles. The molecule has 12 rings (SSSR count). The van der Waals surface area contributed by atoms with Crippen LogP contribution in [0.15, 0.2) is 170 Å². The maximum Gasteiger partial charge on any atom is 0.261 e. The lowest BCUT2D eigenvalue weighted by molar-refractivity contribution is 0.0986. The minimum Gasteiger partial charge on any atom is -0.507 e. The van der Waals surface area contributed by atoms with Crippen molar-refractivity contribution in [2.75, 3.05) is 71.5 Å². The van der Waals surface area contributed by atoms with Gasteiger partial charge in [0.1, 0.15) is 28.9 Å². The van der Waals surface area contributed by atoms with Crippen LogP contribution in [0.4, 0.5) is 46.0 Å². The molecular formula is C63H60N10O5. The smallest absolute Gasteiger partial charge is 0.261 e. The molecule has 4 aromatic heterocycles. The third-order valence-corrected chi connectivity index (χ3v) is 14.1. The second-order valence-corrected chi connectivity index (χ2v) is 18.9. The second kappa shape index (κ2) is 22.6. The Morgan fingerprint density at radius 3 is 1.41 bits per heavy atom. The van der Waals surface area contributed by atoms with E-state index in [1.807, 2.05) is 145 Å². The van der Waals surface area contributed by atoms with Crippen molar-refractivity contribution in [1.82, 2.24) is 19.9 Å². The van der Waals surface area contributed by atoms with Crippen molar-refractivity contribution in [3.63, 3.8) is 0 Å². The number of hydrogen-bond acceptors (Lipinski definition) is 13. The monoisotopic (exact) mass is 1040 g/mol. The van der Waals surface area contributed by atoms with Crippen LogP contribution in [0, 0.1) is 6.92 Å². The SMILES string of the molecule is CCN1c2ncc(CCOc3cccc4c(C)cccc34)cc2C(=O)N(C)c2cccnc21.CCN1c2ncc(CCOc3cccc4c(N)cccc34)cc2C(=O)N(C)c2cccnc21.Nc1cccc2c(O)cccc12. The number of carbonyl (C=O) groups excluding carboxylic acids is 2. The Morgan fingerprint density at radius 1 is 0.487 bits per heavy atom. The molecule has 0 radical (unpaired) electrons. The van der Waals surface area contributed by atoms with E-state index in [9.17, 15) is 14.7 Å². The highest BCUT2D eigenvalue weighted by Gasteiger charge is 2.32. The number of carbonyl (C=O) groups is 2. The first kappa shape index (κ1) is 51.7. The molecule has 0 unspecified atom stereocenters. The van der Waals surface area contributed by atoms with Crippen LogP contribution in [0.1, 0.15) is 51.3 Å². The molecule has 0 atom stereocenters. The Labute approximate surface area is 453 Å². The zero-order valence-electron chi connectivity index (χ0n) is 44.2. The number of fused-ring (bicyclic) bond motifs is 7. The van der Waals surface area contributed by atoms with Crippen molar-refractivity contribution in [3.8, 4) is 17.2 Å².